The van der Waals surface area contributed by atoms with Crippen molar-refractivity contribution >= 4 is 23.5 Å². The Morgan fingerprint density at radius 3 is 2.72 bits per heavy atom. The first-order valence-electron chi connectivity index (χ1n) is 9.82. The number of aromatic nitrogens is 1. The molecular weight excluding hydrogens is 376 g/mol. The quantitative estimate of drug-likeness (QED) is 0.820. The van der Waals surface area contributed by atoms with E-state index in [2.05, 4.69) is 10.5 Å². The fraction of sp³-hybridized carbons (Fsp3) is 0.500. The van der Waals surface area contributed by atoms with E-state index < -0.39 is 0 Å². The highest BCUT2D eigenvalue weighted by Gasteiger charge is 2.38. The minimum atomic E-state index is -0.332. The number of nitrogens with zero attached hydrogens (tertiary/aromatic N) is 3. The molecule has 2 fully saturated rings. The fourth-order valence-corrected chi connectivity index (χ4v) is 3.95. The van der Waals surface area contributed by atoms with Crippen LogP contribution < -0.4 is 5.32 Å². The van der Waals surface area contributed by atoms with Gasteiger partial charge in [-0.1, -0.05) is 5.16 Å². The van der Waals surface area contributed by atoms with E-state index in [1.807, 2.05) is 6.07 Å². The molecule has 2 aromatic heterocycles. The SMILES string of the molecule is Cc1cc(NC(=O)C2CCN(C(=O)C3CC(=O)N(Cc4ccco4)C3)CC2)no1. The van der Waals surface area contributed by atoms with Gasteiger partial charge in [0.15, 0.2) is 5.82 Å². The van der Waals surface area contributed by atoms with Crippen LogP contribution in [0.4, 0.5) is 5.82 Å². The average Bonchev–Trinajstić information content (AvgIpc) is 3.45. The van der Waals surface area contributed by atoms with E-state index in [0.29, 0.717) is 56.4 Å². The summed E-state index contributed by atoms with van der Waals surface area (Å²) in [6.45, 7) is 3.58. The molecule has 1 N–H and O–H groups in total. The maximum absolute atomic E-state index is 12.9. The van der Waals surface area contributed by atoms with Gasteiger partial charge in [-0.3, -0.25) is 14.4 Å². The van der Waals surface area contributed by atoms with Crippen molar-refractivity contribution in [2.45, 2.75) is 32.7 Å². The molecule has 9 heteroatoms. The summed E-state index contributed by atoms with van der Waals surface area (Å²) in [6.07, 6.45) is 2.98. The average molecular weight is 400 g/mol. The Labute approximate surface area is 168 Å². The summed E-state index contributed by atoms with van der Waals surface area (Å²) in [5.74, 6) is 1.10. The van der Waals surface area contributed by atoms with Crippen LogP contribution in [0.3, 0.4) is 0 Å². The Hall–Kier alpha value is -3.10. The number of anilines is 1. The standard InChI is InChI=1S/C20H24N4O5/c1-13-9-17(22-29-13)21-19(26)14-4-6-23(7-5-14)20(27)15-10-18(25)24(11-15)12-16-3-2-8-28-16/h2-3,8-9,14-15H,4-7,10-12H2,1H3,(H,21,22,26). The Kier molecular flexibility index (Phi) is 5.37. The molecule has 2 aliphatic rings. The predicted molar refractivity (Wildman–Crippen MR) is 101 cm³/mol. The van der Waals surface area contributed by atoms with Gasteiger partial charge in [-0.25, -0.2) is 0 Å². The minimum Gasteiger partial charge on any atom is -0.467 e. The number of nitrogens with one attached hydrogen (secondary N) is 1. The lowest BCUT2D eigenvalue weighted by Crippen LogP contribution is -2.44. The third-order valence-electron chi connectivity index (χ3n) is 5.55. The van der Waals surface area contributed by atoms with E-state index in [9.17, 15) is 14.4 Å². The summed E-state index contributed by atoms with van der Waals surface area (Å²) >= 11 is 0. The Morgan fingerprint density at radius 2 is 2.07 bits per heavy atom. The number of furan rings is 1. The van der Waals surface area contributed by atoms with E-state index in [4.69, 9.17) is 8.94 Å². The van der Waals surface area contributed by atoms with Crippen LogP contribution in [0.25, 0.3) is 0 Å². The molecule has 29 heavy (non-hydrogen) atoms. The molecule has 0 saturated carbocycles. The van der Waals surface area contributed by atoms with Crippen molar-refractivity contribution in [2.75, 3.05) is 25.0 Å². The molecule has 2 aromatic rings. The van der Waals surface area contributed by atoms with E-state index >= 15 is 0 Å². The highest BCUT2D eigenvalue weighted by atomic mass is 16.5. The molecule has 0 aliphatic carbocycles. The van der Waals surface area contributed by atoms with Crippen molar-refractivity contribution in [1.82, 2.24) is 15.0 Å². The Morgan fingerprint density at radius 1 is 1.28 bits per heavy atom. The van der Waals surface area contributed by atoms with Gasteiger partial charge in [0, 0.05) is 38.0 Å². The zero-order chi connectivity index (χ0) is 20.4. The highest BCUT2D eigenvalue weighted by molar-refractivity contribution is 5.92. The summed E-state index contributed by atoms with van der Waals surface area (Å²) < 4.78 is 10.2. The van der Waals surface area contributed by atoms with Gasteiger partial charge in [0.1, 0.15) is 11.5 Å². The van der Waals surface area contributed by atoms with Crippen molar-refractivity contribution in [2.24, 2.45) is 11.8 Å². The summed E-state index contributed by atoms with van der Waals surface area (Å²) in [7, 11) is 0. The predicted octanol–water partition coefficient (Wildman–Crippen LogP) is 1.80. The second-order valence-electron chi connectivity index (χ2n) is 7.67. The summed E-state index contributed by atoms with van der Waals surface area (Å²) in [5.41, 5.74) is 0. The van der Waals surface area contributed by atoms with Gasteiger partial charge in [0.25, 0.3) is 0 Å². The second kappa shape index (κ2) is 8.10. The first-order valence-corrected chi connectivity index (χ1v) is 9.82. The van der Waals surface area contributed by atoms with Gasteiger partial charge in [-0.15, -0.1) is 0 Å². The van der Waals surface area contributed by atoms with Crippen molar-refractivity contribution in [1.29, 1.82) is 0 Å². The van der Waals surface area contributed by atoms with Gasteiger partial charge in [-0.05, 0) is 31.9 Å². The second-order valence-corrected chi connectivity index (χ2v) is 7.67. The molecule has 0 bridgehead atoms. The van der Waals surface area contributed by atoms with Gasteiger partial charge < -0.3 is 24.1 Å². The number of likely N-dealkylation sites (tertiary alicyclic amines) is 2. The molecule has 0 radical (unpaired) electrons. The number of hydrogen-bond acceptors (Lipinski definition) is 6. The van der Waals surface area contributed by atoms with Crippen LogP contribution in [0, 0.1) is 18.8 Å². The summed E-state index contributed by atoms with van der Waals surface area (Å²) in [5, 5.41) is 6.53. The monoisotopic (exact) mass is 400 g/mol. The van der Waals surface area contributed by atoms with Crippen LogP contribution in [0.5, 0.6) is 0 Å². The minimum absolute atomic E-state index is 0.00807. The van der Waals surface area contributed by atoms with Crippen LogP contribution in [-0.4, -0.2) is 52.3 Å². The number of amides is 3. The molecule has 0 aromatic carbocycles. The fourth-order valence-electron chi connectivity index (χ4n) is 3.95. The lowest BCUT2D eigenvalue weighted by atomic mass is 9.94. The Balaban J connectivity index is 1.26. The van der Waals surface area contributed by atoms with Crippen LogP contribution in [0.15, 0.2) is 33.4 Å². The van der Waals surface area contributed by atoms with Crippen molar-refractivity contribution < 1.29 is 23.3 Å². The number of rotatable bonds is 5. The first-order chi connectivity index (χ1) is 14.0. The van der Waals surface area contributed by atoms with Gasteiger partial charge in [0.2, 0.25) is 17.7 Å². The zero-order valence-electron chi connectivity index (χ0n) is 16.3. The molecule has 2 aliphatic heterocycles. The molecule has 2 saturated heterocycles. The van der Waals surface area contributed by atoms with E-state index in [1.54, 1.807) is 35.1 Å². The molecule has 154 valence electrons. The number of aryl methyl sites for hydroxylation is 1. The third kappa shape index (κ3) is 4.33. The van der Waals surface area contributed by atoms with Crippen LogP contribution in [0.2, 0.25) is 0 Å². The Bertz CT molecular complexity index is 883. The molecule has 1 unspecified atom stereocenters. The molecule has 4 heterocycles. The lowest BCUT2D eigenvalue weighted by molar-refractivity contribution is -0.138. The largest absolute Gasteiger partial charge is 0.467 e. The van der Waals surface area contributed by atoms with E-state index in [1.165, 1.54) is 0 Å². The topological polar surface area (TPSA) is 109 Å². The maximum Gasteiger partial charge on any atom is 0.228 e. The third-order valence-corrected chi connectivity index (χ3v) is 5.55. The summed E-state index contributed by atoms with van der Waals surface area (Å²) in [4.78, 5) is 41.0. The normalized spacial score (nSPS) is 20.3. The molecule has 4 rings (SSSR count). The van der Waals surface area contributed by atoms with E-state index in [0.717, 1.165) is 0 Å². The molecule has 9 nitrogen and oxygen atoms in total. The summed E-state index contributed by atoms with van der Waals surface area (Å²) in [6, 6.07) is 5.27. The number of hydrogen-bond donors (Lipinski definition) is 1. The van der Waals surface area contributed by atoms with Gasteiger partial charge >= 0.3 is 0 Å². The van der Waals surface area contributed by atoms with Gasteiger partial charge in [0.05, 0.1) is 18.7 Å². The van der Waals surface area contributed by atoms with Crippen molar-refractivity contribution in [3.8, 4) is 0 Å². The molecule has 0 spiro atoms. The van der Waals surface area contributed by atoms with Crippen LogP contribution in [0.1, 0.15) is 30.8 Å². The van der Waals surface area contributed by atoms with Crippen molar-refractivity contribution in [3.05, 3.63) is 36.0 Å². The maximum atomic E-state index is 12.9. The smallest absolute Gasteiger partial charge is 0.228 e. The first kappa shape index (κ1) is 19.2. The van der Waals surface area contributed by atoms with E-state index in [-0.39, 0.29) is 36.0 Å². The van der Waals surface area contributed by atoms with Gasteiger partial charge in [-0.2, -0.15) is 0 Å². The highest BCUT2D eigenvalue weighted by Crippen LogP contribution is 2.26. The molecular formula is C20H24N4O5. The number of carbonyl (C=O) groups excluding carboxylic acids is 3. The van der Waals surface area contributed by atoms with Crippen molar-refractivity contribution in [3.63, 3.8) is 0 Å². The molecule has 1 atom stereocenters. The zero-order valence-corrected chi connectivity index (χ0v) is 16.3. The van der Waals surface area contributed by atoms with Crippen LogP contribution >= 0.6 is 0 Å². The lowest BCUT2D eigenvalue weighted by Gasteiger charge is -2.32. The van der Waals surface area contributed by atoms with Crippen LogP contribution in [-0.2, 0) is 20.9 Å². The molecule has 3 amide bonds. The number of carbonyl (C=O) groups is 3. The number of piperidine rings is 1.